The number of rotatable bonds is 1. The molecule has 0 saturated carbocycles. The molecule has 1 amide bonds. The molecule has 0 bridgehead atoms. The topological polar surface area (TPSA) is 29.3 Å². The van der Waals surface area contributed by atoms with E-state index in [1.54, 1.807) is 4.90 Å². The van der Waals surface area contributed by atoms with Gasteiger partial charge in [0.1, 0.15) is 0 Å². The number of amides is 1. The highest BCUT2D eigenvalue weighted by Gasteiger charge is 2.48. The fourth-order valence-electron chi connectivity index (χ4n) is 1.61. The molecule has 14 heavy (non-hydrogen) atoms. The monoisotopic (exact) mass is 191 g/mol. The number of nitrogens with zero attached hydrogens (tertiary/aromatic N) is 1. The SMILES string of the molecule is CCOC(=O)N1[C@@H]2\C=C/C=C\C=C/[C@@H]21. The Morgan fingerprint density at radius 1 is 1.21 bits per heavy atom. The Morgan fingerprint density at radius 3 is 2.29 bits per heavy atom. The van der Waals surface area contributed by atoms with Crippen LogP contribution in [0.2, 0.25) is 0 Å². The summed E-state index contributed by atoms with van der Waals surface area (Å²) in [5.41, 5.74) is 0. The van der Waals surface area contributed by atoms with E-state index in [0.29, 0.717) is 6.61 Å². The summed E-state index contributed by atoms with van der Waals surface area (Å²) in [6.07, 6.45) is 11.6. The molecule has 1 aliphatic carbocycles. The number of hydrogen-bond donors (Lipinski definition) is 0. The van der Waals surface area contributed by atoms with E-state index in [1.165, 1.54) is 0 Å². The fourth-order valence-corrected chi connectivity index (χ4v) is 1.61. The second-order valence-corrected chi connectivity index (χ2v) is 3.24. The Bertz CT molecular complexity index is 295. The third kappa shape index (κ3) is 1.58. The van der Waals surface area contributed by atoms with Crippen molar-refractivity contribution in [1.29, 1.82) is 0 Å². The molecule has 0 aromatic heterocycles. The maximum atomic E-state index is 11.4. The summed E-state index contributed by atoms with van der Waals surface area (Å²) >= 11 is 0. The van der Waals surface area contributed by atoms with Crippen molar-refractivity contribution in [2.24, 2.45) is 0 Å². The average Bonchev–Trinajstić information content (AvgIpc) is 2.77. The molecule has 1 fully saturated rings. The number of ether oxygens (including phenoxy) is 1. The van der Waals surface area contributed by atoms with Crippen LogP contribution in [0, 0.1) is 0 Å². The van der Waals surface area contributed by atoms with Crippen molar-refractivity contribution in [3.63, 3.8) is 0 Å². The number of carbonyl (C=O) groups is 1. The fraction of sp³-hybridized carbons (Fsp3) is 0.364. The molecule has 2 atom stereocenters. The summed E-state index contributed by atoms with van der Waals surface area (Å²) in [5.74, 6) is 0. The van der Waals surface area contributed by atoms with Gasteiger partial charge in [-0.2, -0.15) is 0 Å². The maximum absolute atomic E-state index is 11.4. The van der Waals surface area contributed by atoms with Crippen molar-refractivity contribution in [3.05, 3.63) is 36.5 Å². The zero-order chi connectivity index (χ0) is 9.97. The summed E-state index contributed by atoms with van der Waals surface area (Å²) < 4.78 is 4.94. The molecule has 3 nitrogen and oxygen atoms in total. The highest BCUT2D eigenvalue weighted by Crippen LogP contribution is 2.32. The van der Waals surface area contributed by atoms with Gasteiger partial charge in [-0.05, 0) is 6.92 Å². The summed E-state index contributed by atoms with van der Waals surface area (Å²) in [4.78, 5) is 13.1. The van der Waals surface area contributed by atoms with Crippen LogP contribution >= 0.6 is 0 Å². The third-order valence-corrected chi connectivity index (χ3v) is 2.33. The van der Waals surface area contributed by atoms with Gasteiger partial charge in [0.05, 0.1) is 18.7 Å². The maximum Gasteiger partial charge on any atom is 0.410 e. The summed E-state index contributed by atoms with van der Waals surface area (Å²) in [6, 6.07) is 0.380. The van der Waals surface area contributed by atoms with E-state index in [4.69, 9.17) is 4.74 Å². The quantitative estimate of drug-likeness (QED) is 0.592. The zero-order valence-corrected chi connectivity index (χ0v) is 8.09. The molecule has 0 aromatic carbocycles. The first-order valence-electron chi connectivity index (χ1n) is 4.81. The van der Waals surface area contributed by atoms with E-state index < -0.39 is 0 Å². The molecule has 3 heteroatoms. The van der Waals surface area contributed by atoms with Crippen molar-refractivity contribution in [2.75, 3.05) is 6.61 Å². The minimum Gasteiger partial charge on any atom is -0.450 e. The molecule has 1 aliphatic heterocycles. The Kier molecular flexibility index (Phi) is 2.39. The second-order valence-electron chi connectivity index (χ2n) is 3.24. The second kappa shape index (κ2) is 3.70. The van der Waals surface area contributed by atoms with Gasteiger partial charge in [0.25, 0.3) is 0 Å². The molecule has 0 radical (unpaired) electrons. The first kappa shape index (κ1) is 9.06. The molecule has 2 aliphatic rings. The first-order valence-corrected chi connectivity index (χ1v) is 4.81. The molecular formula is C11H13NO2. The predicted molar refractivity (Wildman–Crippen MR) is 53.9 cm³/mol. The van der Waals surface area contributed by atoms with Crippen LogP contribution in [0.4, 0.5) is 4.79 Å². The van der Waals surface area contributed by atoms with Gasteiger partial charge in [-0.15, -0.1) is 0 Å². The molecule has 0 spiro atoms. The molecule has 0 N–H and O–H groups in total. The van der Waals surface area contributed by atoms with Gasteiger partial charge < -0.3 is 4.74 Å². The smallest absolute Gasteiger partial charge is 0.410 e. The van der Waals surface area contributed by atoms with E-state index in [2.05, 4.69) is 0 Å². The summed E-state index contributed by atoms with van der Waals surface area (Å²) in [6.45, 7) is 2.25. The van der Waals surface area contributed by atoms with E-state index in [-0.39, 0.29) is 18.2 Å². The lowest BCUT2D eigenvalue weighted by atomic mass is 10.2. The van der Waals surface area contributed by atoms with Crippen molar-refractivity contribution in [3.8, 4) is 0 Å². The summed E-state index contributed by atoms with van der Waals surface area (Å²) in [7, 11) is 0. The van der Waals surface area contributed by atoms with Gasteiger partial charge in [-0.1, -0.05) is 36.5 Å². The van der Waals surface area contributed by atoms with E-state index >= 15 is 0 Å². The van der Waals surface area contributed by atoms with Gasteiger partial charge in [0, 0.05) is 0 Å². The van der Waals surface area contributed by atoms with Gasteiger partial charge in [-0.25, -0.2) is 4.79 Å². The third-order valence-electron chi connectivity index (χ3n) is 2.33. The van der Waals surface area contributed by atoms with Crippen LogP contribution in [0.25, 0.3) is 0 Å². The average molecular weight is 191 g/mol. The molecule has 2 rings (SSSR count). The standard InChI is InChI=1S/C11H13NO2/c1-2-14-11(13)12-9-7-5-3-4-6-8-10(9)12/h3-10H,2H2,1H3/b4-3-,7-5-,8-6-/t9-,10+,12?. The van der Waals surface area contributed by atoms with Crippen LogP contribution in [-0.2, 0) is 4.74 Å². The number of carbonyl (C=O) groups excluding carboxylic acids is 1. The summed E-state index contributed by atoms with van der Waals surface area (Å²) in [5, 5.41) is 0. The van der Waals surface area contributed by atoms with Crippen LogP contribution in [0.5, 0.6) is 0 Å². The van der Waals surface area contributed by atoms with E-state index in [0.717, 1.165) is 0 Å². The van der Waals surface area contributed by atoms with Gasteiger partial charge in [0.2, 0.25) is 0 Å². The molecule has 0 unspecified atom stereocenters. The van der Waals surface area contributed by atoms with Crippen LogP contribution in [0.1, 0.15) is 6.92 Å². The lowest BCUT2D eigenvalue weighted by Gasteiger charge is -2.01. The van der Waals surface area contributed by atoms with Crippen molar-refractivity contribution in [2.45, 2.75) is 19.0 Å². The highest BCUT2D eigenvalue weighted by molar-refractivity contribution is 5.73. The highest BCUT2D eigenvalue weighted by atomic mass is 16.6. The van der Waals surface area contributed by atoms with E-state index in [9.17, 15) is 4.79 Å². The Hall–Kier alpha value is -1.51. The van der Waals surface area contributed by atoms with E-state index in [1.807, 2.05) is 43.4 Å². The van der Waals surface area contributed by atoms with Crippen molar-refractivity contribution < 1.29 is 9.53 Å². The molecule has 1 heterocycles. The molecule has 1 saturated heterocycles. The van der Waals surface area contributed by atoms with Crippen molar-refractivity contribution >= 4 is 6.09 Å². The minimum absolute atomic E-state index is 0.190. The van der Waals surface area contributed by atoms with Crippen LogP contribution < -0.4 is 0 Å². The zero-order valence-electron chi connectivity index (χ0n) is 8.09. The Morgan fingerprint density at radius 2 is 1.79 bits per heavy atom. The van der Waals surface area contributed by atoms with Crippen LogP contribution in [0.15, 0.2) is 36.5 Å². The minimum atomic E-state index is -0.223. The molecule has 74 valence electrons. The number of hydrogen-bond acceptors (Lipinski definition) is 2. The molecular weight excluding hydrogens is 178 g/mol. The lowest BCUT2D eigenvalue weighted by Crippen LogP contribution is -2.15. The van der Waals surface area contributed by atoms with Gasteiger partial charge in [-0.3, -0.25) is 4.90 Å². The Balaban J connectivity index is 2.03. The lowest BCUT2D eigenvalue weighted by molar-refractivity contribution is 0.134. The van der Waals surface area contributed by atoms with Crippen molar-refractivity contribution in [1.82, 2.24) is 4.90 Å². The predicted octanol–water partition coefficient (Wildman–Crippen LogP) is 1.88. The first-order chi connectivity index (χ1) is 6.84. The van der Waals surface area contributed by atoms with Crippen LogP contribution in [-0.4, -0.2) is 29.7 Å². The number of fused-ring (bicyclic) bond motifs is 1. The number of allylic oxidation sites excluding steroid dienone is 4. The largest absolute Gasteiger partial charge is 0.450 e. The van der Waals surface area contributed by atoms with Gasteiger partial charge in [0.15, 0.2) is 0 Å². The normalized spacial score (nSPS) is 34.8. The van der Waals surface area contributed by atoms with Gasteiger partial charge >= 0.3 is 6.09 Å². The Labute approximate surface area is 83.3 Å². The van der Waals surface area contributed by atoms with Crippen LogP contribution in [0.3, 0.4) is 0 Å². The molecule has 0 aromatic rings.